The number of hydrogen-bond donors (Lipinski definition) is 1. The number of hydrogen-bond acceptors (Lipinski definition) is 2. The van der Waals surface area contributed by atoms with E-state index < -0.39 is 0 Å². The lowest BCUT2D eigenvalue weighted by Crippen LogP contribution is -2.21. The Hall–Kier alpha value is -1.51. The summed E-state index contributed by atoms with van der Waals surface area (Å²) in [6, 6.07) is 5.97. The lowest BCUT2D eigenvalue weighted by Gasteiger charge is -2.09. The molecule has 0 heterocycles. The number of benzene rings is 1. The molecule has 1 aromatic rings. The van der Waals surface area contributed by atoms with E-state index in [9.17, 15) is 4.79 Å². The highest BCUT2D eigenvalue weighted by Crippen LogP contribution is 2.18. The van der Waals surface area contributed by atoms with Crippen LogP contribution in [0.15, 0.2) is 18.2 Å². The third kappa shape index (κ3) is 3.57. The molecule has 88 valence electrons. The van der Waals surface area contributed by atoms with Crippen LogP contribution in [0.3, 0.4) is 0 Å². The van der Waals surface area contributed by atoms with E-state index in [1.165, 1.54) is 0 Å². The summed E-state index contributed by atoms with van der Waals surface area (Å²) in [6.07, 6.45) is 0.524. The van der Waals surface area contributed by atoms with E-state index in [2.05, 4.69) is 5.32 Å². The molecule has 3 nitrogen and oxygen atoms in total. The van der Waals surface area contributed by atoms with Crippen LogP contribution in [0.4, 0.5) is 0 Å². The molecule has 0 radical (unpaired) electrons. The summed E-state index contributed by atoms with van der Waals surface area (Å²) in [5.74, 6) is 0.986. The number of amides is 1. The predicted octanol–water partition coefficient (Wildman–Crippen LogP) is 2.42. The smallest absolute Gasteiger partial charge is 0.219 e. The summed E-state index contributed by atoms with van der Waals surface area (Å²) in [6.45, 7) is 7.08. The Bertz CT molecular complexity index is 361. The molecular weight excluding hydrogens is 202 g/mol. The Morgan fingerprint density at radius 1 is 1.38 bits per heavy atom. The van der Waals surface area contributed by atoms with Gasteiger partial charge in [-0.15, -0.1) is 0 Å². The first-order valence-electron chi connectivity index (χ1n) is 5.66. The molecule has 0 fully saturated rings. The van der Waals surface area contributed by atoms with Crippen LogP contribution >= 0.6 is 0 Å². The Morgan fingerprint density at radius 3 is 2.69 bits per heavy atom. The van der Waals surface area contributed by atoms with Gasteiger partial charge in [-0.05, 0) is 31.0 Å². The number of aryl methyl sites for hydroxylation is 1. The molecular formula is C13H19NO2. The third-order valence-electron chi connectivity index (χ3n) is 2.35. The number of rotatable bonds is 5. The van der Waals surface area contributed by atoms with Crippen molar-refractivity contribution in [1.29, 1.82) is 0 Å². The summed E-state index contributed by atoms with van der Waals surface area (Å²) in [4.78, 5) is 11.1. The summed E-state index contributed by atoms with van der Waals surface area (Å²) < 4.78 is 5.45. The topological polar surface area (TPSA) is 38.3 Å². The van der Waals surface area contributed by atoms with Gasteiger partial charge in [0, 0.05) is 13.0 Å². The SMILES string of the molecule is CCOc1ccc(CNC(=O)CC)cc1C. The predicted molar refractivity (Wildman–Crippen MR) is 64.5 cm³/mol. The molecule has 0 unspecified atom stereocenters. The van der Waals surface area contributed by atoms with E-state index in [-0.39, 0.29) is 5.91 Å². The maximum absolute atomic E-state index is 11.1. The second kappa shape index (κ2) is 6.16. The van der Waals surface area contributed by atoms with E-state index in [4.69, 9.17) is 4.74 Å². The van der Waals surface area contributed by atoms with Gasteiger partial charge in [-0.3, -0.25) is 4.79 Å². The summed E-state index contributed by atoms with van der Waals surface area (Å²) in [5.41, 5.74) is 2.20. The Morgan fingerprint density at radius 2 is 2.12 bits per heavy atom. The van der Waals surface area contributed by atoms with Crippen molar-refractivity contribution in [3.63, 3.8) is 0 Å². The van der Waals surface area contributed by atoms with Gasteiger partial charge in [0.1, 0.15) is 5.75 Å². The van der Waals surface area contributed by atoms with E-state index in [1.54, 1.807) is 0 Å². The summed E-state index contributed by atoms with van der Waals surface area (Å²) in [5, 5.41) is 2.85. The van der Waals surface area contributed by atoms with Crippen LogP contribution < -0.4 is 10.1 Å². The lowest BCUT2D eigenvalue weighted by molar-refractivity contribution is -0.120. The molecule has 1 amide bonds. The van der Waals surface area contributed by atoms with Gasteiger partial charge >= 0.3 is 0 Å². The first kappa shape index (κ1) is 12.6. The van der Waals surface area contributed by atoms with E-state index in [0.29, 0.717) is 19.6 Å². The number of carbonyl (C=O) groups excluding carboxylic acids is 1. The van der Waals surface area contributed by atoms with Gasteiger partial charge in [0.2, 0.25) is 5.91 Å². The average molecular weight is 221 g/mol. The molecule has 3 heteroatoms. The van der Waals surface area contributed by atoms with Crippen LogP contribution in [-0.4, -0.2) is 12.5 Å². The van der Waals surface area contributed by atoms with E-state index in [1.807, 2.05) is 39.0 Å². The van der Waals surface area contributed by atoms with Crippen LogP contribution in [0.5, 0.6) is 5.75 Å². The van der Waals surface area contributed by atoms with Crippen molar-refractivity contribution in [2.45, 2.75) is 33.7 Å². The zero-order valence-electron chi connectivity index (χ0n) is 10.2. The normalized spacial score (nSPS) is 9.94. The Labute approximate surface area is 96.8 Å². The van der Waals surface area contributed by atoms with Gasteiger partial charge in [0.25, 0.3) is 0 Å². The van der Waals surface area contributed by atoms with Gasteiger partial charge < -0.3 is 10.1 Å². The van der Waals surface area contributed by atoms with Crippen LogP contribution in [-0.2, 0) is 11.3 Å². The van der Waals surface area contributed by atoms with Gasteiger partial charge in [-0.25, -0.2) is 0 Å². The zero-order valence-corrected chi connectivity index (χ0v) is 10.2. The van der Waals surface area contributed by atoms with E-state index in [0.717, 1.165) is 16.9 Å². The second-order valence-electron chi connectivity index (χ2n) is 3.66. The number of ether oxygens (including phenoxy) is 1. The molecule has 1 aromatic carbocycles. The van der Waals surface area contributed by atoms with E-state index >= 15 is 0 Å². The quantitative estimate of drug-likeness (QED) is 0.829. The maximum Gasteiger partial charge on any atom is 0.219 e. The molecule has 16 heavy (non-hydrogen) atoms. The highest BCUT2D eigenvalue weighted by Gasteiger charge is 2.02. The molecule has 0 atom stereocenters. The monoisotopic (exact) mass is 221 g/mol. The van der Waals surface area contributed by atoms with Gasteiger partial charge in [-0.1, -0.05) is 19.1 Å². The largest absolute Gasteiger partial charge is 0.494 e. The molecule has 0 spiro atoms. The Balaban J connectivity index is 2.62. The van der Waals surface area contributed by atoms with Crippen molar-refractivity contribution in [2.24, 2.45) is 0 Å². The fourth-order valence-corrected chi connectivity index (χ4v) is 1.46. The Kier molecular flexibility index (Phi) is 4.83. The van der Waals surface area contributed by atoms with Gasteiger partial charge in [-0.2, -0.15) is 0 Å². The number of nitrogens with one attached hydrogen (secondary N) is 1. The molecule has 1 N–H and O–H groups in total. The van der Waals surface area contributed by atoms with Crippen molar-refractivity contribution < 1.29 is 9.53 Å². The molecule has 1 rings (SSSR count). The molecule has 0 bridgehead atoms. The minimum atomic E-state index is 0.0755. The highest BCUT2D eigenvalue weighted by molar-refractivity contribution is 5.75. The van der Waals surface area contributed by atoms with Crippen LogP contribution in [0.1, 0.15) is 31.4 Å². The maximum atomic E-state index is 11.1. The minimum absolute atomic E-state index is 0.0755. The molecule has 0 aliphatic carbocycles. The lowest BCUT2D eigenvalue weighted by atomic mass is 10.1. The molecule has 0 saturated carbocycles. The first-order valence-corrected chi connectivity index (χ1v) is 5.66. The molecule has 0 aromatic heterocycles. The number of carbonyl (C=O) groups is 1. The third-order valence-corrected chi connectivity index (χ3v) is 2.35. The van der Waals surface area contributed by atoms with Crippen LogP contribution in [0.2, 0.25) is 0 Å². The van der Waals surface area contributed by atoms with Crippen molar-refractivity contribution in [3.8, 4) is 5.75 Å². The van der Waals surface area contributed by atoms with Crippen molar-refractivity contribution in [2.75, 3.05) is 6.61 Å². The molecule has 0 saturated heterocycles. The summed E-state index contributed by atoms with van der Waals surface area (Å²) >= 11 is 0. The van der Waals surface area contributed by atoms with Crippen molar-refractivity contribution >= 4 is 5.91 Å². The highest BCUT2D eigenvalue weighted by atomic mass is 16.5. The van der Waals surface area contributed by atoms with Crippen LogP contribution in [0, 0.1) is 6.92 Å². The standard InChI is InChI=1S/C13H19NO2/c1-4-13(15)14-9-11-6-7-12(16-5-2)10(3)8-11/h6-8H,4-5,9H2,1-3H3,(H,14,15). The summed E-state index contributed by atoms with van der Waals surface area (Å²) in [7, 11) is 0. The fraction of sp³-hybridized carbons (Fsp3) is 0.462. The van der Waals surface area contributed by atoms with Gasteiger partial charge in [0.05, 0.1) is 6.61 Å². The van der Waals surface area contributed by atoms with Crippen LogP contribution in [0.25, 0.3) is 0 Å². The van der Waals surface area contributed by atoms with Gasteiger partial charge in [0.15, 0.2) is 0 Å². The molecule has 0 aliphatic rings. The molecule has 0 aliphatic heterocycles. The van der Waals surface area contributed by atoms with Crippen molar-refractivity contribution in [1.82, 2.24) is 5.32 Å². The average Bonchev–Trinajstić information content (AvgIpc) is 2.29. The minimum Gasteiger partial charge on any atom is -0.494 e. The first-order chi connectivity index (χ1) is 7.67. The fourth-order valence-electron chi connectivity index (χ4n) is 1.46. The second-order valence-corrected chi connectivity index (χ2v) is 3.66. The van der Waals surface area contributed by atoms with Crippen molar-refractivity contribution in [3.05, 3.63) is 29.3 Å². The zero-order chi connectivity index (χ0) is 12.0.